The number of para-hydroxylation sites is 1. The van der Waals surface area contributed by atoms with E-state index in [1.807, 2.05) is 44.4 Å². The number of benzene rings is 2. The first-order chi connectivity index (χ1) is 14.1. The van der Waals surface area contributed by atoms with Crippen molar-refractivity contribution >= 4 is 17.5 Å². The molecule has 29 heavy (non-hydrogen) atoms. The SMILES string of the molecule is CN(C)CCCNc1nccc(C(=O)Nc2ccc(Oc3ccccc3)cc2)n1. The van der Waals surface area contributed by atoms with Crippen LogP contribution >= 0.6 is 0 Å². The topological polar surface area (TPSA) is 79.4 Å². The van der Waals surface area contributed by atoms with Crippen LogP contribution in [0.25, 0.3) is 0 Å². The molecule has 0 unspecified atom stereocenters. The Kier molecular flexibility index (Phi) is 7.13. The van der Waals surface area contributed by atoms with Crippen LogP contribution in [0, 0.1) is 0 Å². The fourth-order valence-electron chi connectivity index (χ4n) is 2.59. The maximum atomic E-state index is 12.5. The average molecular weight is 391 g/mol. The second-order valence-electron chi connectivity index (χ2n) is 6.74. The van der Waals surface area contributed by atoms with Crippen molar-refractivity contribution in [1.29, 1.82) is 0 Å². The summed E-state index contributed by atoms with van der Waals surface area (Å²) in [6.07, 6.45) is 2.54. The van der Waals surface area contributed by atoms with Crippen molar-refractivity contribution in [3.8, 4) is 11.5 Å². The monoisotopic (exact) mass is 391 g/mol. The Morgan fingerprint density at radius 1 is 1.00 bits per heavy atom. The molecule has 0 saturated heterocycles. The number of carbonyl (C=O) groups excluding carboxylic acids is 1. The van der Waals surface area contributed by atoms with Crippen molar-refractivity contribution < 1.29 is 9.53 Å². The van der Waals surface area contributed by atoms with Crippen molar-refractivity contribution in [1.82, 2.24) is 14.9 Å². The Hall–Kier alpha value is -3.45. The predicted molar refractivity (Wildman–Crippen MR) is 115 cm³/mol. The van der Waals surface area contributed by atoms with E-state index in [-0.39, 0.29) is 5.91 Å². The predicted octanol–water partition coefficient (Wildman–Crippen LogP) is 3.88. The molecule has 1 aromatic heterocycles. The Labute approximate surface area is 170 Å². The Balaban J connectivity index is 1.55. The van der Waals surface area contributed by atoms with E-state index in [0.717, 1.165) is 25.3 Å². The minimum Gasteiger partial charge on any atom is -0.457 e. The minimum atomic E-state index is -0.291. The Morgan fingerprint density at radius 2 is 1.72 bits per heavy atom. The van der Waals surface area contributed by atoms with Crippen LogP contribution in [0.1, 0.15) is 16.9 Å². The van der Waals surface area contributed by atoms with Crippen LogP contribution in [0.15, 0.2) is 66.9 Å². The van der Waals surface area contributed by atoms with Gasteiger partial charge in [0, 0.05) is 18.4 Å². The van der Waals surface area contributed by atoms with Crippen molar-refractivity contribution in [3.05, 3.63) is 72.6 Å². The highest BCUT2D eigenvalue weighted by Crippen LogP contribution is 2.22. The molecule has 2 N–H and O–H groups in total. The molecule has 0 aliphatic heterocycles. The molecule has 3 aromatic rings. The number of anilines is 2. The van der Waals surface area contributed by atoms with Gasteiger partial charge in [-0.1, -0.05) is 18.2 Å². The number of ether oxygens (including phenoxy) is 1. The van der Waals surface area contributed by atoms with E-state index in [0.29, 0.717) is 23.1 Å². The van der Waals surface area contributed by atoms with E-state index in [1.165, 1.54) is 0 Å². The summed E-state index contributed by atoms with van der Waals surface area (Å²) in [5, 5.41) is 5.98. The van der Waals surface area contributed by atoms with Gasteiger partial charge in [0.15, 0.2) is 0 Å². The van der Waals surface area contributed by atoms with Crippen molar-refractivity contribution in [2.45, 2.75) is 6.42 Å². The molecule has 0 fully saturated rings. The second kappa shape index (κ2) is 10.2. The molecular weight excluding hydrogens is 366 g/mol. The first-order valence-electron chi connectivity index (χ1n) is 9.46. The lowest BCUT2D eigenvalue weighted by atomic mass is 10.3. The zero-order chi connectivity index (χ0) is 20.5. The van der Waals surface area contributed by atoms with Gasteiger partial charge in [-0.3, -0.25) is 4.79 Å². The molecule has 0 radical (unpaired) electrons. The van der Waals surface area contributed by atoms with E-state index >= 15 is 0 Å². The quantitative estimate of drug-likeness (QED) is 0.539. The zero-order valence-electron chi connectivity index (χ0n) is 16.6. The Morgan fingerprint density at radius 3 is 2.45 bits per heavy atom. The largest absolute Gasteiger partial charge is 0.457 e. The first-order valence-corrected chi connectivity index (χ1v) is 9.46. The Bertz CT molecular complexity index is 914. The average Bonchev–Trinajstić information content (AvgIpc) is 2.73. The van der Waals surface area contributed by atoms with Crippen LogP contribution in [0.2, 0.25) is 0 Å². The van der Waals surface area contributed by atoms with Gasteiger partial charge < -0.3 is 20.3 Å². The molecular formula is C22H25N5O2. The van der Waals surface area contributed by atoms with Gasteiger partial charge in [-0.25, -0.2) is 9.97 Å². The van der Waals surface area contributed by atoms with Crippen LogP contribution in [-0.4, -0.2) is 48.0 Å². The van der Waals surface area contributed by atoms with Gasteiger partial charge in [0.05, 0.1) is 0 Å². The van der Waals surface area contributed by atoms with E-state index in [9.17, 15) is 4.79 Å². The highest BCUT2D eigenvalue weighted by atomic mass is 16.5. The number of hydrogen-bond acceptors (Lipinski definition) is 6. The summed E-state index contributed by atoms with van der Waals surface area (Å²) in [4.78, 5) is 23.1. The third-order valence-corrected chi connectivity index (χ3v) is 4.04. The van der Waals surface area contributed by atoms with Gasteiger partial charge in [-0.15, -0.1) is 0 Å². The fraction of sp³-hybridized carbons (Fsp3) is 0.227. The van der Waals surface area contributed by atoms with Gasteiger partial charge in [0.25, 0.3) is 5.91 Å². The molecule has 7 nitrogen and oxygen atoms in total. The molecule has 150 valence electrons. The minimum absolute atomic E-state index is 0.291. The number of aromatic nitrogens is 2. The third-order valence-electron chi connectivity index (χ3n) is 4.04. The molecule has 0 atom stereocenters. The van der Waals surface area contributed by atoms with Crippen molar-refractivity contribution in [2.24, 2.45) is 0 Å². The number of nitrogens with zero attached hydrogens (tertiary/aromatic N) is 3. The second-order valence-corrected chi connectivity index (χ2v) is 6.74. The van der Waals surface area contributed by atoms with Crippen molar-refractivity contribution in [2.75, 3.05) is 37.8 Å². The van der Waals surface area contributed by atoms with Crippen LogP contribution in [0.3, 0.4) is 0 Å². The van der Waals surface area contributed by atoms with Gasteiger partial charge in [-0.05, 0) is 69.5 Å². The van der Waals surface area contributed by atoms with Gasteiger partial charge >= 0.3 is 0 Å². The summed E-state index contributed by atoms with van der Waals surface area (Å²) in [5.41, 5.74) is 0.967. The zero-order valence-corrected chi connectivity index (χ0v) is 16.6. The van der Waals surface area contributed by atoms with E-state index < -0.39 is 0 Å². The van der Waals surface area contributed by atoms with Gasteiger partial charge in [0.2, 0.25) is 5.95 Å². The highest BCUT2D eigenvalue weighted by molar-refractivity contribution is 6.02. The third kappa shape index (κ3) is 6.58. The lowest BCUT2D eigenvalue weighted by Crippen LogP contribution is -2.18. The summed E-state index contributed by atoms with van der Waals surface area (Å²) in [7, 11) is 4.06. The number of carbonyl (C=O) groups is 1. The molecule has 0 aliphatic rings. The van der Waals surface area contributed by atoms with Gasteiger partial charge in [-0.2, -0.15) is 0 Å². The number of rotatable bonds is 9. The standard InChI is InChI=1S/C22H25N5O2/c1-27(2)16-6-14-23-22-24-15-13-20(26-22)21(28)25-17-9-11-19(12-10-17)29-18-7-4-3-5-8-18/h3-5,7-13,15H,6,14,16H2,1-2H3,(H,25,28)(H,23,24,26). The summed E-state index contributed by atoms with van der Waals surface area (Å²) >= 11 is 0. The maximum absolute atomic E-state index is 12.5. The summed E-state index contributed by atoms with van der Waals surface area (Å²) < 4.78 is 5.76. The van der Waals surface area contributed by atoms with Crippen LogP contribution < -0.4 is 15.4 Å². The van der Waals surface area contributed by atoms with E-state index in [1.54, 1.807) is 36.5 Å². The van der Waals surface area contributed by atoms with E-state index in [4.69, 9.17) is 4.74 Å². The molecule has 3 rings (SSSR count). The van der Waals surface area contributed by atoms with E-state index in [2.05, 4.69) is 25.5 Å². The molecule has 2 aromatic carbocycles. The molecule has 0 bridgehead atoms. The smallest absolute Gasteiger partial charge is 0.274 e. The number of amides is 1. The van der Waals surface area contributed by atoms with Crippen LogP contribution in [0.4, 0.5) is 11.6 Å². The van der Waals surface area contributed by atoms with Crippen LogP contribution in [-0.2, 0) is 0 Å². The molecule has 1 heterocycles. The molecule has 0 saturated carbocycles. The number of hydrogen-bond donors (Lipinski definition) is 2. The summed E-state index contributed by atoms with van der Waals surface area (Å²) in [5.74, 6) is 1.61. The fourth-order valence-corrected chi connectivity index (χ4v) is 2.59. The molecule has 7 heteroatoms. The first kappa shape index (κ1) is 20.3. The van der Waals surface area contributed by atoms with Gasteiger partial charge in [0.1, 0.15) is 17.2 Å². The lowest BCUT2D eigenvalue weighted by Gasteiger charge is -2.10. The highest BCUT2D eigenvalue weighted by Gasteiger charge is 2.09. The van der Waals surface area contributed by atoms with Crippen LogP contribution in [0.5, 0.6) is 11.5 Å². The normalized spacial score (nSPS) is 10.6. The molecule has 0 spiro atoms. The lowest BCUT2D eigenvalue weighted by molar-refractivity contribution is 0.102. The summed E-state index contributed by atoms with van der Waals surface area (Å²) in [6.45, 7) is 1.71. The molecule has 1 amide bonds. The summed E-state index contributed by atoms with van der Waals surface area (Å²) in [6, 6.07) is 18.3. The number of nitrogens with one attached hydrogen (secondary N) is 2. The molecule has 0 aliphatic carbocycles. The van der Waals surface area contributed by atoms with Crippen molar-refractivity contribution in [3.63, 3.8) is 0 Å². The maximum Gasteiger partial charge on any atom is 0.274 e.